The minimum atomic E-state index is -1.18. The van der Waals surface area contributed by atoms with E-state index in [1.165, 1.54) is 18.5 Å². The highest BCUT2D eigenvalue weighted by molar-refractivity contribution is 6.03. The lowest BCUT2D eigenvalue weighted by atomic mass is 10.1. The molecule has 12 heavy (non-hydrogen) atoms. The summed E-state index contributed by atoms with van der Waals surface area (Å²) in [5.41, 5.74) is 4.82. The van der Waals surface area contributed by atoms with Gasteiger partial charge in [-0.3, -0.25) is 4.79 Å². The third-order valence-electron chi connectivity index (χ3n) is 1.36. The lowest BCUT2D eigenvalue weighted by Gasteiger charge is -1.95. The predicted molar refractivity (Wildman–Crippen MR) is 38.5 cm³/mol. The first-order chi connectivity index (χ1) is 5.63. The molecule has 1 aromatic heterocycles. The fourth-order valence-corrected chi connectivity index (χ4v) is 0.822. The number of amides is 1. The zero-order chi connectivity index (χ0) is 9.14. The van der Waals surface area contributed by atoms with E-state index in [1.807, 2.05) is 0 Å². The molecule has 0 bridgehead atoms. The Morgan fingerprint density at radius 3 is 2.50 bits per heavy atom. The second-order valence-electron chi connectivity index (χ2n) is 2.14. The first kappa shape index (κ1) is 8.19. The normalized spacial score (nSPS) is 9.33. The number of carbonyl (C=O) groups is 2. The second kappa shape index (κ2) is 3.00. The summed E-state index contributed by atoms with van der Waals surface area (Å²) in [7, 11) is 0. The molecule has 62 valence electrons. The van der Waals surface area contributed by atoms with Gasteiger partial charge in [-0.15, -0.1) is 0 Å². The van der Waals surface area contributed by atoms with Crippen LogP contribution < -0.4 is 10.7 Å². The van der Waals surface area contributed by atoms with Gasteiger partial charge in [-0.25, -0.2) is 9.78 Å². The molecule has 0 spiro atoms. The Bertz CT molecular complexity index is 302. The third-order valence-corrected chi connectivity index (χ3v) is 1.36. The van der Waals surface area contributed by atoms with Crippen molar-refractivity contribution in [1.82, 2.24) is 0 Å². The zero-order valence-corrected chi connectivity index (χ0v) is 6.07. The summed E-state index contributed by atoms with van der Waals surface area (Å²) in [6.45, 7) is 0. The van der Waals surface area contributed by atoms with Crippen molar-refractivity contribution in [1.29, 1.82) is 0 Å². The smallest absolute Gasteiger partial charge is 0.342 e. The minimum absolute atomic E-state index is 0.00116. The van der Waals surface area contributed by atoms with Crippen LogP contribution in [-0.2, 0) is 0 Å². The van der Waals surface area contributed by atoms with Crippen LogP contribution in [0.5, 0.6) is 0 Å². The van der Waals surface area contributed by atoms with Crippen molar-refractivity contribution in [2.75, 3.05) is 0 Å². The summed E-state index contributed by atoms with van der Waals surface area (Å²) in [6, 6.07) is 1.33. The molecule has 0 saturated heterocycles. The molecule has 0 aliphatic heterocycles. The van der Waals surface area contributed by atoms with Gasteiger partial charge < -0.3 is 10.8 Å². The molecule has 0 saturated carbocycles. The fraction of sp³-hybridized carbons (Fsp3) is 0. The van der Waals surface area contributed by atoms with Crippen LogP contribution in [0.1, 0.15) is 20.7 Å². The molecule has 0 unspecified atom stereocenters. The summed E-state index contributed by atoms with van der Waals surface area (Å²) >= 11 is 0. The van der Waals surface area contributed by atoms with Crippen molar-refractivity contribution in [3.63, 3.8) is 0 Å². The van der Waals surface area contributed by atoms with Crippen molar-refractivity contribution in [3.8, 4) is 0 Å². The van der Waals surface area contributed by atoms with Gasteiger partial charge in [-0.1, -0.05) is 0 Å². The number of aromatic carboxylic acids is 1. The largest absolute Gasteiger partial charge is 0.477 e. The number of carbonyl (C=O) groups excluding carboxylic acids is 1. The van der Waals surface area contributed by atoms with E-state index in [-0.39, 0.29) is 11.1 Å². The second-order valence-corrected chi connectivity index (χ2v) is 2.14. The molecular weight excluding hydrogens is 160 g/mol. The number of aromatic amines is 1. The number of H-pyrrole nitrogens is 1. The Morgan fingerprint density at radius 1 is 1.42 bits per heavy atom. The highest BCUT2D eigenvalue weighted by Crippen LogP contribution is 2.03. The van der Waals surface area contributed by atoms with E-state index in [0.29, 0.717) is 0 Å². The van der Waals surface area contributed by atoms with Gasteiger partial charge in [-0.2, -0.15) is 0 Å². The number of carboxylic acid groups (broad SMARTS) is 1. The molecule has 0 atom stereocenters. The van der Waals surface area contributed by atoms with Gasteiger partial charge in [0.1, 0.15) is 5.56 Å². The van der Waals surface area contributed by atoms with Gasteiger partial charge in [-0.05, 0) is 0 Å². The van der Waals surface area contributed by atoms with Crippen molar-refractivity contribution in [3.05, 3.63) is 29.6 Å². The van der Waals surface area contributed by atoms with E-state index < -0.39 is 11.9 Å². The maximum absolute atomic E-state index is 10.7. The van der Waals surface area contributed by atoms with Crippen LogP contribution in [-0.4, -0.2) is 17.0 Å². The average molecular weight is 167 g/mol. The van der Waals surface area contributed by atoms with Crippen LogP contribution in [0.3, 0.4) is 0 Å². The maximum Gasteiger partial charge on any atom is 0.342 e. The molecule has 0 aromatic carbocycles. The van der Waals surface area contributed by atoms with Crippen LogP contribution in [0.2, 0.25) is 0 Å². The van der Waals surface area contributed by atoms with E-state index in [0.717, 1.165) is 0 Å². The first-order valence-corrected chi connectivity index (χ1v) is 3.16. The summed E-state index contributed by atoms with van der Waals surface area (Å²) in [5.74, 6) is -1.93. The van der Waals surface area contributed by atoms with Crippen LogP contribution in [0.25, 0.3) is 0 Å². The third kappa shape index (κ3) is 1.39. The Morgan fingerprint density at radius 2 is 2.08 bits per heavy atom. The number of nitrogens with two attached hydrogens (primary N) is 1. The lowest BCUT2D eigenvalue weighted by Crippen LogP contribution is -2.19. The Kier molecular flexibility index (Phi) is 2.05. The average Bonchev–Trinajstić information content (AvgIpc) is 2.04. The molecule has 0 aliphatic carbocycles. The summed E-state index contributed by atoms with van der Waals surface area (Å²) in [6.07, 6.45) is 2.65. The molecule has 0 aliphatic rings. The van der Waals surface area contributed by atoms with Gasteiger partial charge in [0.2, 0.25) is 5.91 Å². The number of nitrogens with one attached hydrogen (secondary N) is 1. The van der Waals surface area contributed by atoms with E-state index in [1.54, 1.807) is 0 Å². The van der Waals surface area contributed by atoms with E-state index in [4.69, 9.17) is 10.8 Å². The van der Waals surface area contributed by atoms with Crippen molar-refractivity contribution >= 4 is 11.9 Å². The van der Waals surface area contributed by atoms with E-state index >= 15 is 0 Å². The Balaban J connectivity index is 3.27. The van der Waals surface area contributed by atoms with Crippen LogP contribution in [0.4, 0.5) is 0 Å². The topological polar surface area (TPSA) is 94.5 Å². The number of primary amides is 1. The number of carboxylic acids is 1. The summed E-state index contributed by atoms with van der Waals surface area (Å²) in [5, 5.41) is 8.59. The molecule has 0 fully saturated rings. The van der Waals surface area contributed by atoms with Crippen LogP contribution in [0.15, 0.2) is 18.5 Å². The number of hydrogen-bond donors (Lipinski definition) is 2. The molecule has 1 heterocycles. The standard InChI is InChI=1S/C7H6N2O3/c8-6(10)4-1-2-9-3-5(4)7(11)12/h1-3H,(H2,8,10)(H,11,12)/p+1. The van der Waals surface area contributed by atoms with Gasteiger partial charge >= 0.3 is 5.97 Å². The zero-order valence-electron chi connectivity index (χ0n) is 6.07. The molecule has 5 heteroatoms. The Labute approximate surface area is 67.8 Å². The number of rotatable bonds is 2. The van der Waals surface area contributed by atoms with E-state index in [2.05, 4.69) is 4.98 Å². The number of hydrogen-bond acceptors (Lipinski definition) is 2. The van der Waals surface area contributed by atoms with Gasteiger partial charge in [0.05, 0.1) is 5.56 Å². The minimum Gasteiger partial charge on any atom is -0.477 e. The van der Waals surface area contributed by atoms with E-state index in [9.17, 15) is 9.59 Å². The quantitative estimate of drug-likeness (QED) is 0.609. The molecule has 1 rings (SSSR count). The molecule has 0 radical (unpaired) electrons. The molecule has 1 amide bonds. The molecule has 4 N–H and O–H groups in total. The van der Waals surface area contributed by atoms with Crippen molar-refractivity contribution in [2.45, 2.75) is 0 Å². The number of aromatic nitrogens is 1. The van der Waals surface area contributed by atoms with Crippen molar-refractivity contribution < 1.29 is 19.7 Å². The molecular formula is C7H7N2O3+. The molecule has 5 nitrogen and oxygen atoms in total. The van der Waals surface area contributed by atoms with Gasteiger partial charge in [0.25, 0.3) is 0 Å². The monoisotopic (exact) mass is 167 g/mol. The van der Waals surface area contributed by atoms with Crippen molar-refractivity contribution in [2.24, 2.45) is 5.73 Å². The van der Waals surface area contributed by atoms with Crippen LogP contribution >= 0.6 is 0 Å². The van der Waals surface area contributed by atoms with Gasteiger partial charge in [0, 0.05) is 6.07 Å². The summed E-state index contributed by atoms with van der Waals surface area (Å²) in [4.78, 5) is 23.7. The van der Waals surface area contributed by atoms with Crippen LogP contribution in [0, 0.1) is 0 Å². The highest BCUT2D eigenvalue weighted by atomic mass is 16.4. The lowest BCUT2D eigenvalue weighted by molar-refractivity contribution is -0.378. The van der Waals surface area contributed by atoms with Gasteiger partial charge in [0.15, 0.2) is 12.4 Å². The predicted octanol–water partition coefficient (Wildman–Crippen LogP) is -0.702. The molecule has 1 aromatic rings. The number of pyridine rings is 1. The Hall–Kier alpha value is -1.91. The maximum atomic E-state index is 10.7. The summed E-state index contributed by atoms with van der Waals surface area (Å²) < 4.78 is 0. The first-order valence-electron chi connectivity index (χ1n) is 3.16. The fourth-order valence-electron chi connectivity index (χ4n) is 0.822. The highest BCUT2D eigenvalue weighted by Gasteiger charge is 2.15. The SMILES string of the molecule is NC(=O)c1cc[nH+]cc1C(=O)O.